The first kappa shape index (κ1) is 14.5. The molecule has 2 heterocycles. The number of hydrogen-bond donors (Lipinski definition) is 0. The lowest BCUT2D eigenvalue weighted by molar-refractivity contribution is 0.166. The minimum Gasteiger partial charge on any atom is -0.302 e. The Morgan fingerprint density at radius 1 is 1.38 bits per heavy atom. The molecule has 1 fully saturated rings. The molecular weight excluding hydrogens is 286 g/mol. The van der Waals surface area contributed by atoms with Crippen LogP contribution >= 0.6 is 11.6 Å². The maximum Gasteiger partial charge on any atom is 0.261 e. The average molecular weight is 306 g/mol. The largest absolute Gasteiger partial charge is 0.302 e. The average Bonchev–Trinajstić information content (AvgIpc) is 2.44. The van der Waals surface area contributed by atoms with E-state index in [1.807, 2.05) is 13.0 Å². The van der Waals surface area contributed by atoms with E-state index in [1.165, 1.54) is 12.8 Å². The van der Waals surface area contributed by atoms with Gasteiger partial charge < -0.3 is 4.90 Å². The maximum atomic E-state index is 12.7. The van der Waals surface area contributed by atoms with Crippen LogP contribution in [0.15, 0.2) is 23.3 Å². The van der Waals surface area contributed by atoms with Crippen LogP contribution in [0, 0.1) is 6.92 Å². The number of halogens is 1. The first-order valence-electron chi connectivity index (χ1n) is 7.42. The number of fused-ring (bicyclic) bond motifs is 1. The number of rotatable bonds is 2. The van der Waals surface area contributed by atoms with Crippen molar-refractivity contribution in [2.24, 2.45) is 0 Å². The number of aromatic nitrogens is 2. The molecule has 1 atom stereocenters. The summed E-state index contributed by atoms with van der Waals surface area (Å²) in [5.41, 5.74) is 1.69. The van der Waals surface area contributed by atoms with E-state index in [2.05, 4.69) is 16.9 Å². The van der Waals surface area contributed by atoms with E-state index in [4.69, 9.17) is 11.6 Å². The van der Waals surface area contributed by atoms with Gasteiger partial charge in [-0.25, -0.2) is 4.98 Å². The summed E-state index contributed by atoms with van der Waals surface area (Å²) in [5, 5.41) is 1.20. The summed E-state index contributed by atoms with van der Waals surface area (Å²) in [4.78, 5) is 19.5. The fourth-order valence-corrected chi connectivity index (χ4v) is 3.41. The van der Waals surface area contributed by atoms with Crippen molar-refractivity contribution in [3.63, 3.8) is 0 Å². The van der Waals surface area contributed by atoms with E-state index in [0.717, 1.165) is 24.0 Å². The molecule has 3 rings (SSSR count). The molecule has 0 saturated carbocycles. The zero-order chi connectivity index (χ0) is 15.0. The van der Waals surface area contributed by atoms with Crippen LogP contribution in [-0.4, -0.2) is 34.1 Å². The van der Waals surface area contributed by atoms with Crippen LogP contribution < -0.4 is 5.56 Å². The van der Waals surface area contributed by atoms with Crippen LogP contribution in [0.25, 0.3) is 10.9 Å². The second-order valence-corrected chi connectivity index (χ2v) is 6.39. The molecule has 0 aliphatic carbocycles. The summed E-state index contributed by atoms with van der Waals surface area (Å²) in [6, 6.07) is 3.98. The molecule has 0 N–H and O–H groups in total. The molecule has 0 unspecified atom stereocenters. The summed E-state index contributed by atoms with van der Waals surface area (Å²) in [6.45, 7) is 3.73. The second kappa shape index (κ2) is 5.78. The van der Waals surface area contributed by atoms with Crippen molar-refractivity contribution < 1.29 is 0 Å². The molecule has 1 saturated heterocycles. The number of likely N-dealkylation sites (tertiary alicyclic amines) is 1. The minimum absolute atomic E-state index is 0.00423. The van der Waals surface area contributed by atoms with Crippen molar-refractivity contribution in [3.05, 3.63) is 39.4 Å². The molecule has 5 heteroatoms. The van der Waals surface area contributed by atoms with Crippen molar-refractivity contribution in [1.29, 1.82) is 0 Å². The van der Waals surface area contributed by atoms with E-state index in [0.29, 0.717) is 23.0 Å². The number of hydrogen-bond acceptors (Lipinski definition) is 3. The van der Waals surface area contributed by atoms with Crippen LogP contribution in [0.5, 0.6) is 0 Å². The summed E-state index contributed by atoms with van der Waals surface area (Å²) >= 11 is 6.08. The Hall–Kier alpha value is -1.39. The Kier molecular flexibility index (Phi) is 4.00. The molecule has 0 bridgehead atoms. The van der Waals surface area contributed by atoms with E-state index in [1.54, 1.807) is 17.0 Å². The molecule has 4 nitrogen and oxygen atoms in total. The number of likely N-dealkylation sites (N-methyl/N-ethyl adjacent to an activating group) is 1. The van der Waals surface area contributed by atoms with E-state index in [9.17, 15) is 4.79 Å². The summed E-state index contributed by atoms with van der Waals surface area (Å²) in [7, 11) is 2.13. The third kappa shape index (κ3) is 2.83. The van der Waals surface area contributed by atoms with Gasteiger partial charge in [-0.2, -0.15) is 0 Å². The highest BCUT2D eigenvalue weighted by atomic mass is 35.5. The van der Waals surface area contributed by atoms with Gasteiger partial charge >= 0.3 is 0 Å². The Bertz CT molecular complexity index is 725. The van der Waals surface area contributed by atoms with Crippen LogP contribution in [0.2, 0.25) is 5.02 Å². The van der Waals surface area contributed by atoms with Crippen LogP contribution in [0.3, 0.4) is 0 Å². The number of aryl methyl sites for hydroxylation is 1. The SMILES string of the molecule is Cc1cc(Cl)cc2c(=O)n(C[C@H]3CCCCN3C)cnc12. The monoisotopic (exact) mass is 305 g/mol. The van der Waals surface area contributed by atoms with Gasteiger partial charge in [-0.05, 0) is 51.1 Å². The molecule has 0 radical (unpaired) electrons. The van der Waals surface area contributed by atoms with Crippen molar-refractivity contribution >= 4 is 22.5 Å². The highest BCUT2D eigenvalue weighted by Gasteiger charge is 2.20. The van der Waals surface area contributed by atoms with Gasteiger partial charge in [0.25, 0.3) is 5.56 Å². The molecule has 1 aromatic heterocycles. The summed E-state index contributed by atoms with van der Waals surface area (Å²) in [5.74, 6) is 0. The highest BCUT2D eigenvalue weighted by molar-refractivity contribution is 6.31. The standard InChI is InChI=1S/C16H20ClN3O/c1-11-7-12(17)8-14-15(11)18-10-20(16(14)21)9-13-5-3-4-6-19(13)2/h7-8,10,13H,3-6,9H2,1-2H3/t13-/m1/s1. The number of benzene rings is 1. The maximum absolute atomic E-state index is 12.7. The van der Waals surface area contributed by atoms with Crippen molar-refractivity contribution in [3.8, 4) is 0 Å². The fourth-order valence-electron chi connectivity index (χ4n) is 3.14. The molecule has 112 valence electrons. The van der Waals surface area contributed by atoms with E-state index in [-0.39, 0.29) is 5.56 Å². The predicted octanol–water partition coefficient (Wildman–Crippen LogP) is 2.84. The first-order valence-corrected chi connectivity index (χ1v) is 7.79. The second-order valence-electron chi connectivity index (χ2n) is 5.95. The van der Waals surface area contributed by atoms with Gasteiger partial charge in [0.2, 0.25) is 0 Å². The number of piperidine rings is 1. The lowest BCUT2D eigenvalue weighted by atomic mass is 10.0. The first-order chi connectivity index (χ1) is 10.1. The normalized spacial score (nSPS) is 20.0. The minimum atomic E-state index is 0.00423. The van der Waals surface area contributed by atoms with Crippen LogP contribution in [-0.2, 0) is 6.54 Å². The fraction of sp³-hybridized carbons (Fsp3) is 0.500. The van der Waals surface area contributed by atoms with Gasteiger partial charge in [-0.3, -0.25) is 9.36 Å². The van der Waals surface area contributed by atoms with Crippen molar-refractivity contribution in [2.45, 2.75) is 38.8 Å². The van der Waals surface area contributed by atoms with Crippen molar-refractivity contribution in [1.82, 2.24) is 14.5 Å². The van der Waals surface area contributed by atoms with Gasteiger partial charge in [0.05, 0.1) is 17.2 Å². The number of nitrogens with zero attached hydrogens (tertiary/aromatic N) is 3. The van der Waals surface area contributed by atoms with Crippen LogP contribution in [0.4, 0.5) is 0 Å². The third-order valence-electron chi connectivity index (χ3n) is 4.41. The molecule has 0 amide bonds. The Balaban J connectivity index is 2.00. The molecular formula is C16H20ClN3O. The molecule has 0 spiro atoms. The summed E-state index contributed by atoms with van der Waals surface area (Å²) < 4.78 is 1.73. The topological polar surface area (TPSA) is 38.1 Å². The van der Waals surface area contributed by atoms with Gasteiger partial charge in [0.1, 0.15) is 0 Å². The Morgan fingerprint density at radius 2 is 2.19 bits per heavy atom. The summed E-state index contributed by atoms with van der Waals surface area (Å²) in [6.07, 6.45) is 5.28. The zero-order valence-corrected chi connectivity index (χ0v) is 13.2. The predicted molar refractivity (Wildman–Crippen MR) is 86.0 cm³/mol. The molecule has 21 heavy (non-hydrogen) atoms. The smallest absolute Gasteiger partial charge is 0.261 e. The van der Waals surface area contributed by atoms with Gasteiger partial charge in [-0.15, -0.1) is 0 Å². The van der Waals surface area contributed by atoms with Crippen molar-refractivity contribution in [2.75, 3.05) is 13.6 Å². The lowest BCUT2D eigenvalue weighted by Crippen LogP contribution is -2.41. The van der Waals surface area contributed by atoms with Gasteiger partial charge in [-0.1, -0.05) is 18.0 Å². The van der Waals surface area contributed by atoms with E-state index >= 15 is 0 Å². The van der Waals surface area contributed by atoms with Gasteiger partial charge in [0.15, 0.2) is 0 Å². The van der Waals surface area contributed by atoms with Gasteiger partial charge in [0, 0.05) is 17.6 Å². The molecule has 1 aliphatic heterocycles. The Labute approximate surface area is 129 Å². The molecule has 1 aromatic carbocycles. The quantitative estimate of drug-likeness (QED) is 0.856. The molecule has 1 aliphatic rings. The van der Waals surface area contributed by atoms with E-state index < -0.39 is 0 Å². The third-order valence-corrected chi connectivity index (χ3v) is 4.63. The Morgan fingerprint density at radius 3 is 2.95 bits per heavy atom. The van der Waals surface area contributed by atoms with Crippen LogP contribution in [0.1, 0.15) is 24.8 Å². The highest BCUT2D eigenvalue weighted by Crippen LogP contribution is 2.20. The zero-order valence-electron chi connectivity index (χ0n) is 12.5. The lowest BCUT2D eigenvalue weighted by Gasteiger charge is -2.32. The molecule has 2 aromatic rings.